The fourth-order valence-corrected chi connectivity index (χ4v) is 3.04. The Kier molecular flexibility index (Phi) is 7.16. The van der Waals surface area contributed by atoms with E-state index in [1.165, 1.54) is 19.4 Å². The molecule has 1 amide bonds. The average molecular weight is 429 g/mol. The summed E-state index contributed by atoms with van der Waals surface area (Å²) in [5, 5.41) is 11.9. The minimum atomic E-state index is -0.534. The summed E-state index contributed by atoms with van der Waals surface area (Å²) in [5.41, 5.74) is 6.84. The molecule has 0 spiro atoms. The van der Waals surface area contributed by atoms with Gasteiger partial charge in [0.15, 0.2) is 0 Å². The number of rotatable bonds is 7. The molecule has 1 aromatic heterocycles. The molecule has 0 radical (unpaired) electrons. The van der Waals surface area contributed by atoms with Crippen LogP contribution in [0.2, 0.25) is 0 Å². The molecule has 0 aliphatic carbocycles. The second kappa shape index (κ2) is 10.2. The quantitative estimate of drug-likeness (QED) is 0.411. The van der Waals surface area contributed by atoms with E-state index in [0.29, 0.717) is 5.75 Å². The first-order chi connectivity index (χ1) is 15.4. The Labute approximate surface area is 186 Å². The first-order valence-corrected chi connectivity index (χ1v) is 9.80. The molecule has 0 bridgehead atoms. The predicted octanol–water partition coefficient (Wildman–Crippen LogP) is 4.77. The van der Waals surface area contributed by atoms with E-state index < -0.39 is 5.91 Å². The fourth-order valence-electron chi connectivity index (χ4n) is 3.04. The molecule has 0 atom stereocenters. The number of amides is 1. The summed E-state index contributed by atoms with van der Waals surface area (Å²) in [4.78, 5) is 25.9. The van der Waals surface area contributed by atoms with Crippen LogP contribution in [0.1, 0.15) is 32.6 Å². The Morgan fingerprint density at radius 1 is 1.12 bits per heavy atom. The maximum absolute atomic E-state index is 12.4. The van der Waals surface area contributed by atoms with Crippen molar-refractivity contribution in [1.29, 1.82) is 5.26 Å². The third kappa shape index (κ3) is 5.47. The van der Waals surface area contributed by atoms with Crippen LogP contribution in [0.25, 0.3) is 6.08 Å². The van der Waals surface area contributed by atoms with Gasteiger partial charge in [0.25, 0.3) is 5.91 Å². The molecule has 3 rings (SSSR count). The number of carbonyl (C=O) groups excluding carboxylic acids is 1. The van der Waals surface area contributed by atoms with Gasteiger partial charge in [-0.25, -0.2) is 10.5 Å². The minimum absolute atomic E-state index is 0.0793. The SMILES string of the molecule is CONC(=O)c1cnc(Nc2ccc(C)cc2)nc1Oc1c(C)cc(/C=C/C#N)cc1C. The molecule has 32 heavy (non-hydrogen) atoms. The van der Waals surface area contributed by atoms with Gasteiger partial charge in [-0.05, 0) is 67.8 Å². The van der Waals surface area contributed by atoms with Crippen LogP contribution in [0.4, 0.5) is 11.6 Å². The molecule has 0 aliphatic rings. The molecule has 0 saturated carbocycles. The monoisotopic (exact) mass is 429 g/mol. The second-order valence-corrected chi connectivity index (χ2v) is 7.09. The van der Waals surface area contributed by atoms with E-state index >= 15 is 0 Å². The second-order valence-electron chi connectivity index (χ2n) is 7.09. The molecule has 1 heterocycles. The van der Waals surface area contributed by atoms with Crippen LogP contribution in [0.15, 0.2) is 48.7 Å². The highest BCUT2D eigenvalue weighted by Gasteiger charge is 2.19. The summed E-state index contributed by atoms with van der Waals surface area (Å²) in [5.74, 6) is 0.385. The smallest absolute Gasteiger partial charge is 0.281 e. The number of nitrogens with one attached hydrogen (secondary N) is 2. The van der Waals surface area contributed by atoms with Crippen LogP contribution >= 0.6 is 0 Å². The van der Waals surface area contributed by atoms with Crippen LogP contribution in [-0.4, -0.2) is 23.0 Å². The fraction of sp³-hybridized carbons (Fsp3) is 0.167. The number of hydrogen-bond donors (Lipinski definition) is 2. The lowest BCUT2D eigenvalue weighted by molar-refractivity contribution is 0.0534. The summed E-state index contributed by atoms with van der Waals surface area (Å²) in [7, 11) is 1.34. The number of ether oxygens (including phenoxy) is 1. The Balaban J connectivity index is 1.98. The Hall–Kier alpha value is -4.22. The van der Waals surface area contributed by atoms with Gasteiger partial charge < -0.3 is 10.1 Å². The molecule has 0 unspecified atom stereocenters. The number of nitrogens with zero attached hydrogens (tertiary/aromatic N) is 3. The number of carbonyl (C=O) groups is 1. The lowest BCUT2D eigenvalue weighted by Gasteiger charge is -2.15. The van der Waals surface area contributed by atoms with Crippen LogP contribution < -0.4 is 15.5 Å². The van der Waals surface area contributed by atoms with E-state index in [4.69, 9.17) is 14.8 Å². The highest BCUT2D eigenvalue weighted by Crippen LogP contribution is 2.32. The van der Waals surface area contributed by atoms with E-state index in [-0.39, 0.29) is 17.4 Å². The van der Waals surface area contributed by atoms with E-state index in [1.807, 2.05) is 63.2 Å². The highest BCUT2D eigenvalue weighted by molar-refractivity contribution is 5.95. The molecule has 0 fully saturated rings. The standard InChI is InChI=1S/C24H23N5O3/c1-15-7-9-19(10-8-15)27-24-26-14-20(22(30)29-31-4)23(28-24)32-21-16(2)12-18(6-5-11-25)13-17(21)3/h5-10,12-14H,1-4H3,(H,29,30)(H,26,27,28)/b6-5+. The van der Waals surface area contributed by atoms with Crippen LogP contribution in [0.5, 0.6) is 11.6 Å². The third-order valence-corrected chi connectivity index (χ3v) is 4.53. The minimum Gasteiger partial charge on any atom is -0.437 e. The lowest BCUT2D eigenvalue weighted by atomic mass is 10.1. The zero-order chi connectivity index (χ0) is 23.1. The number of allylic oxidation sites excluding steroid dienone is 1. The Bertz CT molecular complexity index is 1170. The van der Waals surface area contributed by atoms with Crippen LogP contribution in [0.3, 0.4) is 0 Å². The molecule has 8 heteroatoms. The number of benzene rings is 2. The topological polar surface area (TPSA) is 109 Å². The molecular weight excluding hydrogens is 406 g/mol. The van der Waals surface area contributed by atoms with Gasteiger partial charge in [0, 0.05) is 18.0 Å². The van der Waals surface area contributed by atoms with E-state index in [0.717, 1.165) is 27.9 Å². The number of hydrogen-bond acceptors (Lipinski definition) is 7. The van der Waals surface area contributed by atoms with Gasteiger partial charge in [0.1, 0.15) is 11.3 Å². The summed E-state index contributed by atoms with van der Waals surface area (Å²) < 4.78 is 6.10. The molecule has 3 aromatic rings. The van der Waals surface area contributed by atoms with Crippen molar-refractivity contribution in [3.8, 4) is 17.7 Å². The molecule has 0 saturated heterocycles. The Morgan fingerprint density at radius 2 is 1.81 bits per heavy atom. The number of nitriles is 1. The number of aryl methyl sites for hydroxylation is 3. The first-order valence-electron chi connectivity index (χ1n) is 9.80. The first kappa shape index (κ1) is 22.5. The summed E-state index contributed by atoms with van der Waals surface area (Å²) >= 11 is 0. The van der Waals surface area contributed by atoms with Crippen molar-refractivity contribution in [2.24, 2.45) is 0 Å². The largest absolute Gasteiger partial charge is 0.437 e. The van der Waals surface area contributed by atoms with Gasteiger partial charge in [-0.15, -0.1) is 0 Å². The lowest BCUT2D eigenvalue weighted by Crippen LogP contribution is -2.23. The van der Waals surface area contributed by atoms with E-state index in [9.17, 15) is 4.79 Å². The van der Waals surface area contributed by atoms with Gasteiger partial charge in [-0.1, -0.05) is 17.7 Å². The molecule has 2 N–H and O–H groups in total. The van der Waals surface area contributed by atoms with Crippen molar-refractivity contribution in [3.05, 3.63) is 76.5 Å². The van der Waals surface area contributed by atoms with Gasteiger partial charge in [0.05, 0.1) is 13.2 Å². The molecule has 2 aromatic carbocycles. The average Bonchev–Trinajstić information content (AvgIpc) is 2.76. The third-order valence-electron chi connectivity index (χ3n) is 4.53. The van der Waals surface area contributed by atoms with Crippen molar-refractivity contribution >= 4 is 23.6 Å². The van der Waals surface area contributed by atoms with E-state index in [1.54, 1.807) is 6.08 Å². The summed E-state index contributed by atoms with van der Waals surface area (Å²) in [6.45, 7) is 5.77. The van der Waals surface area contributed by atoms with Crippen molar-refractivity contribution in [2.75, 3.05) is 12.4 Å². The maximum atomic E-state index is 12.4. The predicted molar refractivity (Wildman–Crippen MR) is 122 cm³/mol. The Morgan fingerprint density at radius 3 is 2.44 bits per heavy atom. The van der Waals surface area contributed by atoms with Crippen molar-refractivity contribution < 1.29 is 14.4 Å². The maximum Gasteiger partial charge on any atom is 0.281 e. The molecule has 0 aliphatic heterocycles. The molecule has 8 nitrogen and oxygen atoms in total. The van der Waals surface area contributed by atoms with Gasteiger partial charge in [-0.2, -0.15) is 10.2 Å². The van der Waals surface area contributed by atoms with Crippen molar-refractivity contribution in [3.63, 3.8) is 0 Å². The zero-order valence-electron chi connectivity index (χ0n) is 18.3. The van der Waals surface area contributed by atoms with Crippen LogP contribution in [0, 0.1) is 32.1 Å². The molecular formula is C24H23N5O3. The number of anilines is 2. The van der Waals surface area contributed by atoms with E-state index in [2.05, 4.69) is 20.8 Å². The van der Waals surface area contributed by atoms with Gasteiger partial charge >= 0.3 is 0 Å². The zero-order valence-corrected chi connectivity index (χ0v) is 18.3. The summed E-state index contributed by atoms with van der Waals surface area (Å²) in [6, 6.07) is 13.5. The van der Waals surface area contributed by atoms with Gasteiger partial charge in [0.2, 0.25) is 11.8 Å². The van der Waals surface area contributed by atoms with Crippen molar-refractivity contribution in [1.82, 2.24) is 15.4 Å². The summed E-state index contributed by atoms with van der Waals surface area (Å²) in [6.07, 6.45) is 4.51. The highest BCUT2D eigenvalue weighted by atomic mass is 16.6. The number of hydroxylamine groups is 1. The van der Waals surface area contributed by atoms with Gasteiger partial charge in [-0.3, -0.25) is 9.63 Å². The molecule has 162 valence electrons. The van der Waals surface area contributed by atoms with Crippen molar-refractivity contribution in [2.45, 2.75) is 20.8 Å². The van der Waals surface area contributed by atoms with Crippen LogP contribution in [-0.2, 0) is 4.84 Å². The normalized spacial score (nSPS) is 10.6. The number of aromatic nitrogens is 2.